The molecule has 1 aliphatic carbocycles. The number of esters is 1. The van der Waals surface area contributed by atoms with Crippen LogP contribution >= 0.6 is 15.9 Å². The fraction of sp³-hybridized carbons (Fsp3) is 0.452. The second kappa shape index (κ2) is 12.5. The summed E-state index contributed by atoms with van der Waals surface area (Å²) < 4.78 is 28.5. The Kier molecular flexibility index (Phi) is 9.23. The summed E-state index contributed by atoms with van der Waals surface area (Å²) in [5.41, 5.74) is 3.55. The molecule has 2 aromatic carbocycles. The fourth-order valence-corrected chi connectivity index (χ4v) is 6.08. The standard InChI is InChI=1S/C31H36BrNO7/c1-8-16(2)40-31(35)28-17(3)33-22-11-19(18-9-10-24(36-4)25(13-18)37-5)12-23(34)30(22)29(28)20-14-26(38-6)27(39-7)15-21(20)32/h9-10,13-16,19,28-29H,8,11-12H2,1-7H3/t16-,19-,28?,29+/m1/s1. The Bertz CT molecular complexity index is 1370. The molecule has 4 atom stereocenters. The van der Waals surface area contributed by atoms with E-state index < -0.39 is 17.8 Å². The largest absolute Gasteiger partial charge is 0.493 e. The van der Waals surface area contributed by atoms with Crippen LogP contribution in [0.15, 0.2) is 51.1 Å². The first kappa shape index (κ1) is 29.6. The second-order valence-corrected chi connectivity index (χ2v) is 11.0. The van der Waals surface area contributed by atoms with Gasteiger partial charge in [0.2, 0.25) is 0 Å². The van der Waals surface area contributed by atoms with Crippen LogP contribution in [0.5, 0.6) is 23.0 Å². The molecule has 2 aromatic rings. The van der Waals surface area contributed by atoms with Crippen LogP contribution in [0.1, 0.15) is 63.0 Å². The Hall–Kier alpha value is -3.33. The normalized spacial score (nSPS) is 21.2. The quantitative estimate of drug-likeness (QED) is 0.302. The van der Waals surface area contributed by atoms with Gasteiger partial charge in [0.1, 0.15) is 5.92 Å². The summed E-state index contributed by atoms with van der Waals surface area (Å²) in [7, 11) is 6.30. The Morgan fingerprint density at radius 3 is 2.23 bits per heavy atom. The number of nitrogens with zero attached hydrogens (tertiary/aromatic N) is 1. The predicted molar refractivity (Wildman–Crippen MR) is 156 cm³/mol. The zero-order chi connectivity index (χ0) is 29.1. The number of halogens is 1. The van der Waals surface area contributed by atoms with Crippen molar-refractivity contribution in [3.8, 4) is 23.0 Å². The van der Waals surface area contributed by atoms with E-state index in [-0.39, 0.29) is 24.2 Å². The molecule has 214 valence electrons. The molecule has 4 rings (SSSR count). The number of carbonyl (C=O) groups is 2. The van der Waals surface area contributed by atoms with Crippen molar-refractivity contribution in [1.29, 1.82) is 0 Å². The van der Waals surface area contributed by atoms with E-state index in [4.69, 9.17) is 28.7 Å². The molecule has 0 fully saturated rings. The Balaban J connectivity index is 1.84. The van der Waals surface area contributed by atoms with Crippen molar-refractivity contribution in [3.05, 3.63) is 57.2 Å². The van der Waals surface area contributed by atoms with Crippen molar-refractivity contribution >= 4 is 33.4 Å². The van der Waals surface area contributed by atoms with Crippen LogP contribution in [0.4, 0.5) is 0 Å². The number of Topliss-reactive ketones (excluding diaryl/α,β-unsaturated/α-hetero) is 1. The molecule has 0 N–H and O–H groups in total. The molecule has 0 aromatic heterocycles. The maximum Gasteiger partial charge on any atom is 0.315 e. The van der Waals surface area contributed by atoms with Gasteiger partial charge in [-0.2, -0.15) is 0 Å². The monoisotopic (exact) mass is 613 g/mol. The number of benzene rings is 2. The summed E-state index contributed by atoms with van der Waals surface area (Å²) in [6.07, 6.45) is 1.24. The molecule has 9 heteroatoms. The molecular formula is C31H36BrNO7. The van der Waals surface area contributed by atoms with Gasteiger partial charge in [-0.15, -0.1) is 0 Å². The summed E-state index contributed by atoms with van der Waals surface area (Å²) in [6.45, 7) is 5.65. The number of hydrogen-bond donors (Lipinski definition) is 0. The SMILES string of the molecule is CC[C@@H](C)OC(=O)C1C(C)=NC2=C(C(=O)C[C@H](c3ccc(OC)c(OC)c3)C2)[C@H]1c1cc(OC)c(OC)cc1Br. The number of ketones is 1. The zero-order valence-electron chi connectivity index (χ0n) is 24.0. The summed E-state index contributed by atoms with van der Waals surface area (Å²) in [5, 5.41) is 0. The van der Waals surface area contributed by atoms with Crippen molar-refractivity contribution in [2.24, 2.45) is 10.9 Å². The highest BCUT2D eigenvalue weighted by Crippen LogP contribution is 2.50. The molecule has 40 heavy (non-hydrogen) atoms. The van der Waals surface area contributed by atoms with Crippen molar-refractivity contribution in [2.75, 3.05) is 28.4 Å². The summed E-state index contributed by atoms with van der Waals surface area (Å²) in [5.74, 6) is 0.367. The van der Waals surface area contributed by atoms with E-state index in [9.17, 15) is 9.59 Å². The minimum atomic E-state index is -0.760. The number of ether oxygens (including phenoxy) is 5. The van der Waals surface area contributed by atoms with E-state index in [2.05, 4.69) is 15.9 Å². The number of carbonyl (C=O) groups excluding carboxylic acids is 2. The minimum Gasteiger partial charge on any atom is -0.493 e. The van der Waals surface area contributed by atoms with Crippen LogP contribution < -0.4 is 18.9 Å². The van der Waals surface area contributed by atoms with Gasteiger partial charge in [0.05, 0.1) is 34.5 Å². The smallest absolute Gasteiger partial charge is 0.315 e. The van der Waals surface area contributed by atoms with E-state index >= 15 is 0 Å². The van der Waals surface area contributed by atoms with E-state index in [1.54, 1.807) is 34.5 Å². The maximum absolute atomic E-state index is 14.0. The highest BCUT2D eigenvalue weighted by atomic mass is 79.9. The highest BCUT2D eigenvalue weighted by Gasteiger charge is 2.46. The van der Waals surface area contributed by atoms with Crippen LogP contribution in [-0.2, 0) is 14.3 Å². The molecule has 0 radical (unpaired) electrons. The van der Waals surface area contributed by atoms with Gasteiger partial charge < -0.3 is 23.7 Å². The average molecular weight is 615 g/mol. The van der Waals surface area contributed by atoms with Gasteiger partial charge in [0, 0.05) is 33.8 Å². The first-order chi connectivity index (χ1) is 19.2. The zero-order valence-corrected chi connectivity index (χ0v) is 25.6. The molecule has 1 heterocycles. The molecule has 0 spiro atoms. The number of hydrogen-bond acceptors (Lipinski definition) is 8. The van der Waals surface area contributed by atoms with Crippen LogP contribution in [0, 0.1) is 5.92 Å². The summed E-state index contributed by atoms with van der Waals surface area (Å²) >= 11 is 3.68. The lowest BCUT2D eigenvalue weighted by atomic mass is 9.69. The lowest BCUT2D eigenvalue weighted by Crippen LogP contribution is -2.39. The molecule has 0 saturated carbocycles. The third-order valence-corrected chi connectivity index (χ3v) is 8.44. The van der Waals surface area contributed by atoms with Gasteiger partial charge in [-0.05, 0) is 68.0 Å². The van der Waals surface area contributed by atoms with E-state index in [1.807, 2.05) is 45.0 Å². The highest BCUT2D eigenvalue weighted by molar-refractivity contribution is 9.10. The van der Waals surface area contributed by atoms with Gasteiger partial charge in [0.15, 0.2) is 28.8 Å². The second-order valence-electron chi connectivity index (χ2n) is 10.1. The molecule has 0 amide bonds. The molecule has 1 unspecified atom stereocenters. The van der Waals surface area contributed by atoms with Crippen molar-refractivity contribution in [2.45, 2.75) is 58.0 Å². The number of allylic oxidation sites excluding steroid dienone is 2. The fourth-order valence-electron chi connectivity index (χ4n) is 5.51. The third-order valence-electron chi connectivity index (χ3n) is 7.75. The van der Waals surface area contributed by atoms with Gasteiger partial charge in [-0.3, -0.25) is 14.6 Å². The first-order valence-corrected chi connectivity index (χ1v) is 14.1. The van der Waals surface area contributed by atoms with Crippen LogP contribution in [0.3, 0.4) is 0 Å². The van der Waals surface area contributed by atoms with Gasteiger partial charge in [-0.1, -0.05) is 28.9 Å². The van der Waals surface area contributed by atoms with Crippen molar-refractivity contribution in [1.82, 2.24) is 0 Å². The average Bonchev–Trinajstić information content (AvgIpc) is 2.95. The molecule has 0 saturated heterocycles. The Morgan fingerprint density at radius 1 is 0.975 bits per heavy atom. The van der Waals surface area contributed by atoms with Crippen LogP contribution in [0.2, 0.25) is 0 Å². The lowest BCUT2D eigenvalue weighted by molar-refractivity contribution is -0.151. The summed E-state index contributed by atoms with van der Waals surface area (Å²) in [4.78, 5) is 32.5. The first-order valence-electron chi connectivity index (χ1n) is 13.3. The van der Waals surface area contributed by atoms with Crippen LogP contribution in [0.25, 0.3) is 0 Å². The molecule has 2 aliphatic rings. The predicted octanol–water partition coefficient (Wildman–Crippen LogP) is 6.40. The van der Waals surface area contributed by atoms with Crippen molar-refractivity contribution < 1.29 is 33.3 Å². The summed E-state index contributed by atoms with van der Waals surface area (Å²) in [6, 6.07) is 9.35. The maximum atomic E-state index is 14.0. The molecule has 0 bridgehead atoms. The molecular weight excluding hydrogens is 578 g/mol. The minimum absolute atomic E-state index is 0.0506. The van der Waals surface area contributed by atoms with Gasteiger partial charge in [0.25, 0.3) is 0 Å². The number of methoxy groups -OCH3 is 4. The third kappa shape index (κ3) is 5.61. The van der Waals surface area contributed by atoms with Crippen molar-refractivity contribution in [3.63, 3.8) is 0 Å². The van der Waals surface area contributed by atoms with E-state index in [0.717, 1.165) is 11.1 Å². The van der Waals surface area contributed by atoms with Crippen LogP contribution in [-0.4, -0.2) is 52.0 Å². The molecule has 8 nitrogen and oxygen atoms in total. The van der Waals surface area contributed by atoms with Gasteiger partial charge >= 0.3 is 5.97 Å². The number of rotatable bonds is 9. The lowest BCUT2D eigenvalue weighted by Gasteiger charge is -2.37. The van der Waals surface area contributed by atoms with E-state index in [0.29, 0.717) is 57.3 Å². The van der Waals surface area contributed by atoms with E-state index in [1.165, 1.54) is 0 Å². The number of aliphatic imine (C=N–C) groups is 1. The Labute approximate surface area is 243 Å². The van der Waals surface area contributed by atoms with Gasteiger partial charge in [-0.25, -0.2) is 0 Å². The topological polar surface area (TPSA) is 92.7 Å². The Morgan fingerprint density at radius 2 is 1.60 bits per heavy atom. The molecule has 1 aliphatic heterocycles.